The van der Waals surface area contributed by atoms with Crippen LogP contribution in [-0.4, -0.2) is 27.0 Å². The fourth-order valence-corrected chi connectivity index (χ4v) is 4.31. The van der Waals surface area contributed by atoms with Gasteiger partial charge in [0.15, 0.2) is 6.61 Å². The molecule has 0 bridgehead atoms. The van der Waals surface area contributed by atoms with Crippen molar-refractivity contribution in [2.75, 3.05) is 11.9 Å². The van der Waals surface area contributed by atoms with Crippen molar-refractivity contribution < 1.29 is 17.9 Å². The Morgan fingerprint density at radius 2 is 1.86 bits per heavy atom. The molecule has 2 N–H and O–H groups in total. The van der Waals surface area contributed by atoms with Crippen LogP contribution in [0.1, 0.15) is 43.7 Å². The van der Waals surface area contributed by atoms with Gasteiger partial charge in [0, 0.05) is 11.7 Å². The van der Waals surface area contributed by atoms with Crippen molar-refractivity contribution in [3.63, 3.8) is 0 Å². The number of sulfonamides is 1. The number of anilines is 1. The van der Waals surface area contributed by atoms with E-state index in [1.807, 2.05) is 24.3 Å². The maximum absolute atomic E-state index is 12.3. The minimum absolute atomic E-state index is 0.0561. The maximum atomic E-state index is 12.3. The summed E-state index contributed by atoms with van der Waals surface area (Å²) in [5, 5.41) is 2.81. The minimum Gasteiger partial charge on any atom is -0.483 e. The Balaban J connectivity index is 1.53. The van der Waals surface area contributed by atoms with Crippen molar-refractivity contribution in [2.45, 2.75) is 56.9 Å². The summed E-state index contributed by atoms with van der Waals surface area (Å²) in [7, 11) is -3.50. The molecule has 156 valence electrons. The number of hydrogen-bond donors (Lipinski definition) is 2. The van der Waals surface area contributed by atoms with Crippen LogP contribution in [0.4, 0.5) is 5.69 Å². The summed E-state index contributed by atoms with van der Waals surface area (Å²) in [4.78, 5) is 12.4. The predicted octanol–water partition coefficient (Wildman–Crippen LogP) is 3.80. The number of ether oxygens (including phenoxy) is 1. The van der Waals surface area contributed by atoms with Crippen molar-refractivity contribution in [3.05, 3.63) is 53.6 Å². The molecule has 0 aliphatic heterocycles. The van der Waals surface area contributed by atoms with Crippen molar-refractivity contribution in [1.82, 2.24) is 4.72 Å². The molecule has 1 fully saturated rings. The first-order valence-corrected chi connectivity index (χ1v) is 11.5. The van der Waals surface area contributed by atoms with Crippen LogP contribution in [0.3, 0.4) is 0 Å². The van der Waals surface area contributed by atoms with Gasteiger partial charge >= 0.3 is 0 Å². The molecule has 6 nitrogen and oxygen atoms in total. The molecule has 1 aliphatic rings. The van der Waals surface area contributed by atoms with Gasteiger partial charge < -0.3 is 10.1 Å². The number of unbranched alkanes of at least 4 members (excludes halogenated alkanes) is 1. The fraction of sp³-hybridized carbons (Fsp3) is 0.409. The molecule has 0 spiro atoms. The van der Waals surface area contributed by atoms with Gasteiger partial charge in [0.25, 0.3) is 5.91 Å². The molecule has 0 saturated heterocycles. The molecule has 0 radical (unpaired) electrons. The second kappa shape index (κ2) is 9.41. The van der Waals surface area contributed by atoms with E-state index in [9.17, 15) is 13.2 Å². The average molecular weight is 417 g/mol. The van der Waals surface area contributed by atoms with Crippen LogP contribution in [0.5, 0.6) is 5.75 Å². The van der Waals surface area contributed by atoms with Crippen LogP contribution in [0.15, 0.2) is 47.4 Å². The van der Waals surface area contributed by atoms with E-state index < -0.39 is 10.0 Å². The Morgan fingerprint density at radius 3 is 2.48 bits per heavy atom. The van der Waals surface area contributed by atoms with Gasteiger partial charge in [0.05, 0.1) is 4.90 Å². The highest BCUT2D eigenvalue weighted by Crippen LogP contribution is 2.25. The predicted molar refractivity (Wildman–Crippen MR) is 114 cm³/mol. The molecule has 1 saturated carbocycles. The normalized spacial score (nSPS) is 13.9. The topological polar surface area (TPSA) is 84.5 Å². The summed E-state index contributed by atoms with van der Waals surface area (Å²) in [5.41, 5.74) is 2.64. The Kier molecular flexibility index (Phi) is 6.92. The summed E-state index contributed by atoms with van der Waals surface area (Å²) in [6, 6.07) is 12.5. The van der Waals surface area contributed by atoms with E-state index >= 15 is 0 Å². The highest BCUT2D eigenvalue weighted by atomic mass is 32.2. The molecule has 0 unspecified atom stereocenters. The molecular weight excluding hydrogens is 388 g/mol. The van der Waals surface area contributed by atoms with Crippen LogP contribution >= 0.6 is 0 Å². The average Bonchev–Trinajstić information content (AvgIpc) is 3.49. The quantitative estimate of drug-likeness (QED) is 0.617. The van der Waals surface area contributed by atoms with Gasteiger partial charge in [-0.25, -0.2) is 13.1 Å². The first-order chi connectivity index (χ1) is 13.9. The van der Waals surface area contributed by atoms with E-state index in [4.69, 9.17) is 4.74 Å². The largest absolute Gasteiger partial charge is 0.483 e. The van der Waals surface area contributed by atoms with Crippen LogP contribution in [0.2, 0.25) is 0 Å². The standard InChI is InChI=1S/C22H28N2O4S/c1-3-4-5-17-6-8-18(9-7-17)23-22(25)15-28-21-13-12-20(14-16(21)2)29(26,27)24-19-10-11-19/h6-9,12-14,19,24H,3-5,10-11,15H2,1-2H3,(H,23,25). The minimum atomic E-state index is -3.50. The van der Waals surface area contributed by atoms with Gasteiger partial charge in [-0.3, -0.25) is 4.79 Å². The lowest BCUT2D eigenvalue weighted by atomic mass is 10.1. The summed E-state index contributed by atoms with van der Waals surface area (Å²) < 4.78 is 32.8. The molecule has 29 heavy (non-hydrogen) atoms. The molecule has 1 amide bonds. The smallest absolute Gasteiger partial charge is 0.262 e. The molecule has 2 aromatic rings. The Morgan fingerprint density at radius 1 is 1.14 bits per heavy atom. The first-order valence-electron chi connectivity index (χ1n) is 10.0. The maximum Gasteiger partial charge on any atom is 0.262 e. The van der Waals surface area contributed by atoms with Crippen molar-refractivity contribution >= 4 is 21.6 Å². The molecule has 2 aromatic carbocycles. The molecule has 0 aromatic heterocycles. The van der Waals surface area contributed by atoms with E-state index in [2.05, 4.69) is 17.0 Å². The van der Waals surface area contributed by atoms with Crippen molar-refractivity contribution in [2.24, 2.45) is 0 Å². The molecular formula is C22H28N2O4S. The third kappa shape index (κ3) is 6.30. The van der Waals surface area contributed by atoms with E-state index in [0.717, 1.165) is 37.8 Å². The lowest BCUT2D eigenvalue weighted by Gasteiger charge is -2.12. The van der Waals surface area contributed by atoms with Crippen LogP contribution in [0.25, 0.3) is 0 Å². The zero-order valence-corrected chi connectivity index (χ0v) is 17.7. The van der Waals surface area contributed by atoms with Gasteiger partial charge in [-0.15, -0.1) is 0 Å². The number of aryl methyl sites for hydroxylation is 2. The van der Waals surface area contributed by atoms with Crippen LogP contribution < -0.4 is 14.8 Å². The van der Waals surface area contributed by atoms with Gasteiger partial charge in [0.2, 0.25) is 10.0 Å². The van der Waals surface area contributed by atoms with Gasteiger partial charge in [-0.05, 0) is 74.1 Å². The fourth-order valence-electron chi connectivity index (χ4n) is 2.92. The van der Waals surface area contributed by atoms with E-state index in [1.165, 1.54) is 11.6 Å². The molecule has 7 heteroatoms. The number of hydrogen-bond acceptors (Lipinski definition) is 4. The number of carbonyl (C=O) groups excluding carboxylic acids is 1. The van der Waals surface area contributed by atoms with E-state index in [0.29, 0.717) is 11.3 Å². The molecule has 0 heterocycles. The molecule has 1 aliphatic carbocycles. The lowest BCUT2D eigenvalue weighted by molar-refractivity contribution is -0.118. The zero-order chi connectivity index (χ0) is 20.9. The number of rotatable bonds is 10. The molecule has 0 atom stereocenters. The zero-order valence-electron chi connectivity index (χ0n) is 16.9. The number of carbonyl (C=O) groups is 1. The van der Waals surface area contributed by atoms with Crippen LogP contribution in [-0.2, 0) is 21.2 Å². The lowest BCUT2D eigenvalue weighted by Crippen LogP contribution is -2.25. The van der Waals surface area contributed by atoms with Gasteiger partial charge in [0.1, 0.15) is 5.75 Å². The number of amides is 1. The third-order valence-corrected chi connectivity index (χ3v) is 6.29. The Hall–Kier alpha value is -2.38. The SMILES string of the molecule is CCCCc1ccc(NC(=O)COc2ccc(S(=O)(=O)NC3CC3)cc2C)cc1. The van der Waals surface area contributed by atoms with Gasteiger partial charge in [-0.1, -0.05) is 25.5 Å². The second-order valence-corrected chi connectivity index (χ2v) is 9.17. The Labute approximate surface area is 172 Å². The van der Waals surface area contributed by atoms with Crippen molar-refractivity contribution in [1.29, 1.82) is 0 Å². The Bertz CT molecular complexity index is 951. The first kappa shape index (κ1) is 21.3. The summed E-state index contributed by atoms with van der Waals surface area (Å²) >= 11 is 0. The third-order valence-electron chi connectivity index (χ3n) is 4.77. The van der Waals surface area contributed by atoms with E-state index in [-0.39, 0.29) is 23.5 Å². The number of nitrogens with one attached hydrogen (secondary N) is 2. The second-order valence-electron chi connectivity index (χ2n) is 7.46. The monoisotopic (exact) mass is 416 g/mol. The van der Waals surface area contributed by atoms with E-state index in [1.54, 1.807) is 19.1 Å². The summed E-state index contributed by atoms with van der Waals surface area (Å²) in [5.74, 6) is 0.221. The van der Waals surface area contributed by atoms with Crippen LogP contribution in [0, 0.1) is 6.92 Å². The number of benzene rings is 2. The molecule has 3 rings (SSSR count). The van der Waals surface area contributed by atoms with Gasteiger partial charge in [-0.2, -0.15) is 0 Å². The summed E-state index contributed by atoms with van der Waals surface area (Å²) in [6.45, 7) is 3.77. The summed E-state index contributed by atoms with van der Waals surface area (Å²) in [6.07, 6.45) is 5.11. The highest BCUT2D eigenvalue weighted by molar-refractivity contribution is 7.89. The highest BCUT2D eigenvalue weighted by Gasteiger charge is 2.28. The van der Waals surface area contributed by atoms with Crippen molar-refractivity contribution in [3.8, 4) is 5.75 Å².